The maximum atomic E-state index is 12.0. The molecule has 0 bridgehead atoms. The van der Waals surface area contributed by atoms with Crippen molar-refractivity contribution >= 4 is 23.2 Å². The van der Waals surface area contributed by atoms with E-state index in [1.165, 1.54) is 5.56 Å². The molecule has 5 heteroatoms. The number of rotatable bonds is 7. The molecule has 2 N–H and O–H groups in total. The molecule has 0 spiro atoms. The lowest BCUT2D eigenvalue weighted by Gasteiger charge is -2.11. The Morgan fingerprint density at radius 1 is 1.00 bits per heavy atom. The van der Waals surface area contributed by atoms with Gasteiger partial charge in [0.2, 0.25) is 5.91 Å². The van der Waals surface area contributed by atoms with Gasteiger partial charge in [-0.3, -0.25) is 9.59 Å². The van der Waals surface area contributed by atoms with Crippen molar-refractivity contribution in [2.24, 2.45) is 5.92 Å². The van der Waals surface area contributed by atoms with Gasteiger partial charge in [0.05, 0.1) is 0 Å². The summed E-state index contributed by atoms with van der Waals surface area (Å²) in [6.45, 7) is 5.66. The summed E-state index contributed by atoms with van der Waals surface area (Å²) in [5, 5.41) is 5.56. The molecule has 0 aliphatic rings. The van der Waals surface area contributed by atoms with Gasteiger partial charge in [0.25, 0.3) is 5.91 Å². The minimum atomic E-state index is -0.257. The van der Waals surface area contributed by atoms with Crippen molar-refractivity contribution in [2.45, 2.75) is 27.2 Å². The zero-order valence-corrected chi connectivity index (χ0v) is 14.8. The summed E-state index contributed by atoms with van der Waals surface area (Å²) in [5.41, 5.74) is 2.47. The lowest BCUT2D eigenvalue weighted by atomic mass is 10.2. The fourth-order valence-corrected chi connectivity index (χ4v) is 2.13. The lowest BCUT2D eigenvalue weighted by molar-refractivity contribution is -0.119. The first-order valence-corrected chi connectivity index (χ1v) is 8.40. The third-order valence-corrected chi connectivity index (χ3v) is 3.64. The molecule has 0 aromatic heterocycles. The third kappa shape index (κ3) is 5.95. The number of carbonyl (C=O) groups excluding carboxylic acids is 2. The van der Waals surface area contributed by atoms with Crippen LogP contribution in [-0.4, -0.2) is 18.4 Å². The van der Waals surface area contributed by atoms with Crippen LogP contribution in [0.3, 0.4) is 0 Å². The second kappa shape index (κ2) is 8.87. The van der Waals surface area contributed by atoms with Gasteiger partial charge in [0.1, 0.15) is 5.75 Å². The van der Waals surface area contributed by atoms with Crippen LogP contribution in [-0.2, 0) is 16.0 Å². The van der Waals surface area contributed by atoms with E-state index in [-0.39, 0.29) is 24.3 Å². The Kier molecular flexibility index (Phi) is 6.57. The Labute approximate surface area is 148 Å². The first kappa shape index (κ1) is 18.5. The molecular formula is C20H24N2O3. The molecule has 5 nitrogen and oxygen atoms in total. The standard InChI is InChI=1S/C20H24N2O3/c1-4-15-8-10-18(11-9-15)25-13-19(23)21-16-6-5-7-17(12-16)22-20(24)14(2)3/h5-12,14H,4,13H2,1-3H3,(H,21,23)(H,22,24). The van der Waals surface area contributed by atoms with Crippen LogP contribution in [0.15, 0.2) is 48.5 Å². The van der Waals surface area contributed by atoms with Crippen LogP contribution in [0.2, 0.25) is 0 Å². The summed E-state index contributed by atoms with van der Waals surface area (Å²) in [6.07, 6.45) is 0.963. The SMILES string of the molecule is CCc1ccc(OCC(=O)Nc2cccc(NC(=O)C(C)C)c2)cc1. The summed E-state index contributed by atoms with van der Waals surface area (Å²) in [6, 6.07) is 14.7. The molecule has 0 saturated carbocycles. The first-order valence-electron chi connectivity index (χ1n) is 8.40. The van der Waals surface area contributed by atoms with Gasteiger partial charge in [0, 0.05) is 17.3 Å². The first-order chi connectivity index (χ1) is 12.0. The minimum absolute atomic E-state index is 0.0673. The van der Waals surface area contributed by atoms with Gasteiger partial charge in [-0.05, 0) is 42.3 Å². The Bertz CT molecular complexity index is 724. The van der Waals surface area contributed by atoms with Crippen molar-refractivity contribution < 1.29 is 14.3 Å². The predicted molar refractivity (Wildman–Crippen MR) is 99.9 cm³/mol. The van der Waals surface area contributed by atoms with Crippen molar-refractivity contribution in [3.8, 4) is 5.75 Å². The summed E-state index contributed by atoms with van der Waals surface area (Å²) in [7, 11) is 0. The van der Waals surface area contributed by atoms with Gasteiger partial charge in [-0.15, -0.1) is 0 Å². The second-order valence-corrected chi connectivity index (χ2v) is 6.06. The summed E-state index contributed by atoms with van der Waals surface area (Å²) in [5.74, 6) is 0.227. The number of benzene rings is 2. The number of anilines is 2. The number of hydrogen-bond donors (Lipinski definition) is 2. The van der Waals surface area contributed by atoms with Gasteiger partial charge in [-0.1, -0.05) is 39.0 Å². The van der Waals surface area contributed by atoms with E-state index in [2.05, 4.69) is 17.6 Å². The summed E-state index contributed by atoms with van der Waals surface area (Å²) < 4.78 is 5.48. The largest absolute Gasteiger partial charge is 0.484 e. The molecule has 0 fully saturated rings. The van der Waals surface area contributed by atoms with E-state index in [1.807, 2.05) is 38.1 Å². The highest BCUT2D eigenvalue weighted by molar-refractivity contribution is 5.95. The van der Waals surface area contributed by atoms with E-state index >= 15 is 0 Å². The number of amides is 2. The topological polar surface area (TPSA) is 67.4 Å². The molecule has 0 radical (unpaired) electrons. The highest BCUT2D eigenvalue weighted by Gasteiger charge is 2.08. The highest BCUT2D eigenvalue weighted by atomic mass is 16.5. The van der Waals surface area contributed by atoms with Gasteiger partial charge < -0.3 is 15.4 Å². The molecule has 2 rings (SSSR count). The van der Waals surface area contributed by atoms with Crippen molar-refractivity contribution in [2.75, 3.05) is 17.2 Å². The average Bonchev–Trinajstić information content (AvgIpc) is 2.60. The minimum Gasteiger partial charge on any atom is -0.484 e. The monoisotopic (exact) mass is 340 g/mol. The van der Waals surface area contributed by atoms with E-state index in [9.17, 15) is 9.59 Å². The fourth-order valence-electron chi connectivity index (χ4n) is 2.13. The van der Waals surface area contributed by atoms with E-state index in [0.29, 0.717) is 17.1 Å². The molecule has 0 aliphatic heterocycles. The normalized spacial score (nSPS) is 10.4. The molecule has 2 amide bonds. The molecule has 132 valence electrons. The van der Waals surface area contributed by atoms with Crippen molar-refractivity contribution in [1.82, 2.24) is 0 Å². The Morgan fingerprint density at radius 2 is 1.64 bits per heavy atom. The molecule has 25 heavy (non-hydrogen) atoms. The molecule has 2 aromatic carbocycles. The molecular weight excluding hydrogens is 316 g/mol. The van der Waals surface area contributed by atoms with Gasteiger partial charge in [0.15, 0.2) is 6.61 Å². The Morgan fingerprint density at radius 3 is 2.24 bits per heavy atom. The van der Waals surface area contributed by atoms with Crippen LogP contribution in [0.5, 0.6) is 5.75 Å². The van der Waals surface area contributed by atoms with Gasteiger partial charge in [-0.25, -0.2) is 0 Å². The molecule has 0 unspecified atom stereocenters. The molecule has 2 aromatic rings. The fraction of sp³-hybridized carbons (Fsp3) is 0.300. The average molecular weight is 340 g/mol. The molecule has 0 heterocycles. The molecule has 0 atom stereocenters. The highest BCUT2D eigenvalue weighted by Crippen LogP contribution is 2.16. The number of carbonyl (C=O) groups is 2. The maximum absolute atomic E-state index is 12.0. The number of ether oxygens (including phenoxy) is 1. The van der Waals surface area contributed by atoms with Crippen LogP contribution in [0.1, 0.15) is 26.3 Å². The summed E-state index contributed by atoms with van der Waals surface area (Å²) in [4.78, 5) is 23.8. The number of nitrogens with one attached hydrogen (secondary N) is 2. The van der Waals surface area contributed by atoms with E-state index in [1.54, 1.807) is 24.3 Å². The Balaban J connectivity index is 1.88. The molecule has 0 saturated heterocycles. The van der Waals surface area contributed by atoms with Crippen LogP contribution in [0.25, 0.3) is 0 Å². The summed E-state index contributed by atoms with van der Waals surface area (Å²) >= 11 is 0. The number of aryl methyl sites for hydroxylation is 1. The zero-order valence-electron chi connectivity index (χ0n) is 14.8. The van der Waals surface area contributed by atoms with Crippen molar-refractivity contribution in [1.29, 1.82) is 0 Å². The lowest BCUT2D eigenvalue weighted by Crippen LogP contribution is -2.21. The van der Waals surface area contributed by atoms with Gasteiger partial charge >= 0.3 is 0 Å². The van der Waals surface area contributed by atoms with Crippen LogP contribution >= 0.6 is 0 Å². The Hall–Kier alpha value is -2.82. The smallest absolute Gasteiger partial charge is 0.262 e. The van der Waals surface area contributed by atoms with Crippen LogP contribution in [0.4, 0.5) is 11.4 Å². The third-order valence-electron chi connectivity index (χ3n) is 3.64. The van der Waals surface area contributed by atoms with Gasteiger partial charge in [-0.2, -0.15) is 0 Å². The van der Waals surface area contributed by atoms with E-state index in [4.69, 9.17) is 4.74 Å². The van der Waals surface area contributed by atoms with E-state index in [0.717, 1.165) is 6.42 Å². The van der Waals surface area contributed by atoms with Crippen molar-refractivity contribution in [3.05, 3.63) is 54.1 Å². The van der Waals surface area contributed by atoms with E-state index < -0.39 is 0 Å². The molecule has 0 aliphatic carbocycles. The van der Waals surface area contributed by atoms with Crippen LogP contribution in [0, 0.1) is 5.92 Å². The second-order valence-electron chi connectivity index (χ2n) is 6.06. The zero-order chi connectivity index (χ0) is 18.2. The van der Waals surface area contributed by atoms with Crippen molar-refractivity contribution in [3.63, 3.8) is 0 Å². The number of hydrogen-bond acceptors (Lipinski definition) is 3. The van der Waals surface area contributed by atoms with Crippen LogP contribution < -0.4 is 15.4 Å². The predicted octanol–water partition coefficient (Wildman–Crippen LogP) is 3.86. The quantitative estimate of drug-likeness (QED) is 0.804. The maximum Gasteiger partial charge on any atom is 0.262 e.